The molecule has 20 heavy (non-hydrogen) atoms. The monoisotopic (exact) mass is 316 g/mol. The first kappa shape index (κ1) is 14.9. The van der Waals surface area contributed by atoms with E-state index in [9.17, 15) is 9.59 Å². The molecule has 0 saturated carbocycles. The van der Waals surface area contributed by atoms with Crippen LogP contribution in [0.15, 0.2) is 18.2 Å². The molecule has 1 unspecified atom stereocenters. The molecule has 0 spiro atoms. The topological polar surface area (TPSA) is 58.6 Å². The van der Waals surface area contributed by atoms with Crippen LogP contribution in [-0.2, 0) is 9.53 Å². The average Bonchev–Trinajstić information content (AvgIpc) is 2.91. The second kappa shape index (κ2) is 6.33. The number of anilines is 1. The van der Waals surface area contributed by atoms with Gasteiger partial charge in [0.25, 0.3) is 0 Å². The minimum absolute atomic E-state index is 0.258. The Kier molecular flexibility index (Phi) is 4.73. The molecule has 5 nitrogen and oxygen atoms in total. The van der Waals surface area contributed by atoms with Crippen LogP contribution in [0.3, 0.4) is 0 Å². The molecule has 1 fully saturated rings. The van der Waals surface area contributed by atoms with E-state index in [0.717, 1.165) is 6.42 Å². The van der Waals surface area contributed by atoms with E-state index in [2.05, 4.69) is 10.1 Å². The second-order valence-electron chi connectivity index (χ2n) is 4.44. The van der Waals surface area contributed by atoms with Crippen molar-refractivity contribution < 1.29 is 14.3 Å². The molecule has 1 aromatic carbocycles. The maximum absolute atomic E-state index is 12.2. The lowest BCUT2D eigenvalue weighted by Gasteiger charge is -2.22. The van der Waals surface area contributed by atoms with Gasteiger partial charge in [-0.3, -0.25) is 9.69 Å². The van der Waals surface area contributed by atoms with Gasteiger partial charge in [0.2, 0.25) is 5.91 Å². The first-order valence-corrected chi connectivity index (χ1v) is 6.89. The van der Waals surface area contributed by atoms with Gasteiger partial charge in [0.15, 0.2) is 0 Å². The van der Waals surface area contributed by atoms with Crippen LogP contribution in [0.2, 0.25) is 10.0 Å². The molecule has 0 bridgehead atoms. The van der Waals surface area contributed by atoms with Crippen molar-refractivity contribution in [1.29, 1.82) is 0 Å². The summed E-state index contributed by atoms with van der Waals surface area (Å²) in [6, 6.07) is 4.31. The van der Waals surface area contributed by atoms with Gasteiger partial charge in [-0.05, 0) is 31.0 Å². The molecule has 108 valence electrons. The van der Waals surface area contributed by atoms with Crippen LogP contribution in [0.4, 0.5) is 10.5 Å². The Morgan fingerprint density at radius 1 is 1.35 bits per heavy atom. The number of carbonyl (C=O) groups excluding carboxylic acids is 2. The number of nitrogens with zero attached hydrogens (tertiary/aromatic N) is 1. The number of benzene rings is 1. The van der Waals surface area contributed by atoms with E-state index in [1.54, 1.807) is 18.2 Å². The smallest absolute Gasteiger partial charge is 0.410 e. The van der Waals surface area contributed by atoms with Crippen LogP contribution in [-0.4, -0.2) is 36.6 Å². The van der Waals surface area contributed by atoms with Gasteiger partial charge in [0.1, 0.15) is 6.04 Å². The van der Waals surface area contributed by atoms with Crippen molar-refractivity contribution in [3.8, 4) is 0 Å². The number of carbonyl (C=O) groups is 2. The SMILES string of the molecule is COC(=O)N1CCCC1C(=O)Nc1ccc(Cl)c(Cl)c1. The van der Waals surface area contributed by atoms with E-state index in [-0.39, 0.29) is 5.91 Å². The summed E-state index contributed by atoms with van der Waals surface area (Å²) in [7, 11) is 1.30. The lowest BCUT2D eigenvalue weighted by atomic mass is 10.2. The van der Waals surface area contributed by atoms with Crippen LogP contribution in [0.5, 0.6) is 0 Å². The first-order valence-electron chi connectivity index (χ1n) is 6.13. The molecule has 7 heteroatoms. The minimum Gasteiger partial charge on any atom is -0.453 e. The van der Waals surface area contributed by atoms with Crippen molar-refractivity contribution >= 4 is 40.9 Å². The highest BCUT2D eigenvalue weighted by atomic mass is 35.5. The molecule has 0 aliphatic carbocycles. The van der Waals surface area contributed by atoms with Crippen LogP contribution in [0.25, 0.3) is 0 Å². The Morgan fingerprint density at radius 3 is 2.75 bits per heavy atom. The van der Waals surface area contributed by atoms with Gasteiger partial charge in [-0.2, -0.15) is 0 Å². The summed E-state index contributed by atoms with van der Waals surface area (Å²) in [6.45, 7) is 0.520. The minimum atomic E-state index is -0.517. The molecule has 1 heterocycles. The van der Waals surface area contributed by atoms with Gasteiger partial charge in [-0.1, -0.05) is 23.2 Å². The Bertz CT molecular complexity index is 536. The molecule has 1 aliphatic heterocycles. The maximum Gasteiger partial charge on any atom is 0.410 e. The molecular weight excluding hydrogens is 303 g/mol. The number of nitrogens with one attached hydrogen (secondary N) is 1. The predicted octanol–water partition coefficient (Wildman–Crippen LogP) is 3.16. The molecule has 2 rings (SSSR count). The third kappa shape index (κ3) is 3.16. The Hall–Kier alpha value is -1.46. The van der Waals surface area contributed by atoms with Gasteiger partial charge in [-0.15, -0.1) is 0 Å². The number of rotatable bonds is 2. The summed E-state index contributed by atoms with van der Waals surface area (Å²) in [6.07, 6.45) is 0.897. The predicted molar refractivity (Wildman–Crippen MR) is 77.2 cm³/mol. The number of hydrogen-bond donors (Lipinski definition) is 1. The van der Waals surface area contributed by atoms with Crippen LogP contribution in [0, 0.1) is 0 Å². The molecule has 1 N–H and O–H groups in total. The number of methoxy groups -OCH3 is 1. The normalized spacial score (nSPS) is 17.9. The van der Waals surface area contributed by atoms with Gasteiger partial charge in [0.05, 0.1) is 17.2 Å². The third-order valence-corrected chi connectivity index (χ3v) is 3.89. The number of ether oxygens (including phenoxy) is 1. The van der Waals surface area contributed by atoms with Crippen molar-refractivity contribution in [3.05, 3.63) is 28.2 Å². The molecular formula is C13H14Cl2N2O3. The lowest BCUT2D eigenvalue weighted by Crippen LogP contribution is -2.43. The van der Waals surface area contributed by atoms with E-state index < -0.39 is 12.1 Å². The standard InChI is InChI=1S/C13H14Cl2N2O3/c1-20-13(19)17-6-2-3-11(17)12(18)16-8-4-5-9(14)10(15)7-8/h4-5,7,11H,2-3,6H2,1H3,(H,16,18). The average molecular weight is 317 g/mol. The van der Waals surface area contributed by atoms with Crippen molar-refractivity contribution in [3.63, 3.8) is 0 Å². The summed E-state index contributed by atoms with van der Waals surface area (Å²) in [5.74, 6) is -0.258. The highest BCUT2D eigenvalue weighted by Gasteiger charge is 2.34. The van der Waals surface area contributed by atoms with E-state index in [1.807, 2.05) is 0 Å². The lowest BCUT2D eigenvalue weighted by molar-refractivity contribution is -0.119. The molecule has 1 saturated heterocycles. The van der Waals surface area contributed by atoms with Gasteiger partial charge in [0, 0.05) is 12.2 Å². The third-order valence-electron chi connectivity index (χ3n) is 3.15. The number of hydrogen-bond acceptors (Lipinski definition) is 3. The Labute approximate surface area is 126 Å². The van der Waals surface area contributed by atoms with E-state index in [1.165, 1.54) is 12.0 Å². The molecule has 2 amide bonds. The summed E-state index contributed by atoms with van der Waals surface area (Å²) in [5.41, 5.74) is 0.543. The molecule has 1 aliphatic rings. The Morgan fingerprint density at radius 2 is 2.10 bits per heavy atom. The Balaban J connectivity index is 2.07. The molecule has 0 aromatic heterocycles. The fourth-order valence-electron chi connectivity index (χ4n) is 2.17. The van der Waals surface area contributed by atoms with Crippen molar-refractivity contribution in [1.82, 2.24) is 4.90 Å². The highest BCUT2D eigenvalue weighted by molar-refractivity contribution is 6.42. The fraction of sp³-hybridized carbons (Fsp3) is 0.385. The first-order chi connectivity index (χ1) is 9.52. The maximum atomic E-state index is 12.2. The van der Waals surface area contributed by atoms with Crippen LogP contribution < -0.4 is 5.32 Å². The summed E-state index contributed by atoms with van der Waals surface area (Å²) in [5, 5.41) is 3.51. The summed E-state index contributed by atoms with van der Waals surface area (Å²) < 4.78 is 4.67. The largest absolute Gasteiger partial charge is 0.453 e. The van der Waals surface area contributed by atoms with Gasteiger partial charge >= 0.3 is 6.09 Å². The van der Waals surface area contributed by atoms with Crippen LogP contribution in [0.1, 0.15) is 12.8 Å². The second-order valence-corrected chi connectivity index (χ2v) is 5.25. The van der Waals surface area contributed by atoms with Crippen molar-refractivity contribution in [2.75, 3.05) is 19.0 Å². The van der Waals surface area contributed by atoms with Crippen LogP contribution >= 0.6 is 23.2 Å². The van der Waals surface area contributed by atoms with Crippen molar-refractivity contribution in [2.45, 2.75) is 18.9 Å². The molecule has 1 atom stereocenters. The number of likely N-dealkylation sites (tertiary alicyclic amines) is 1. The van der Waals surface area contributed by atoms with Gasteiger partial charge in [-0.25, -0.2) is 4.79 Å². The zero-order chi connectivity index (χ0) is 14.7. The fourth-order valence-corrected chi connectivity index (χ4v) is 2.47. The highest BCUT2D eigenvalue weighted by Crippen LogP contribution is 2.26. The van der Waals surface area contributed by atoms with Crippen molar-refractivity contribution in [2.24, 2.45) is 0 Å². The quantitative estimate of drug-likeness (QED) is 0.911. The van der Waals surface area contributed by atoms with E-state index in [0.29, 0.717) is 28.7 Å². The molecule has 0 radical (unpaired) electrons. The van der Waals surface area contributed by atoms with E-state index in [4.69, 9.17) is 23.2 Å². The summed E-state index contributed by atoms with van der Waals surface area (Å²) >= 11 is 11.7. The number of halogens is 2. The zero-order valence-electron chi connectivity index (χ0n) is 10.9. The zero-order valence-corrected chi connectivity index (χ0v) is 12.4. The van der Waals surface area contributed by atoms with Gasteiger partial charge < -0.3 is 10.1 Å². The number of amides is 2. The summed E-state index contributed by atoms with van der Waals surface area (Å²) in [4.78, 5) is 25.2. The van der Waals surface area contributed by atoms with E-state index >= 15 is 0 Å². The molecule has 1 aromatic rings.